The fraction of sp³-hybridized carbons (Fsp3) is 0.719. The predicted octanol–water partition coefficient (Wildman–Crippen LogP) is 6.34. The second kappa shape index (κ2) is 23.1. The van der Waals surface area contributed by atoms with Gasteiger partial charge in [0, 0.05) is 12.8 Å². The third kappa shape index (κ3) is 26.0. The molecular weight excluding hydrogens is 556 g/mol. The van der Waals surface area contributed by atoms with Crippen LogP contribution in [0.25, 0.3) is 0 Å². The van der Waals surface area contributed by atoms with E-state index in [0.29, 0.717) is 25.9 Å². The van der Waals surface area contributed by atoms with Crippen molar-refractivity contribution in [2.45, 2.75) is 136 Å². The van der Waals surface area contributed by atoms with E-state index in [1.807, 2.05) is 6.08 Å². The van der Waals surface area contributed by atoms with Gasteiger partial charge in [0.15, 0.2) is 0 Å². The van der Waals surface area contributed by atoms with Gasteiger partial charge in [-0.15, -0.1) is 13.2 Å². The highest BCUT2D eigenvalue weighted by molar-refractivity contribution is 5.83. The number of hydrogen-bond acceptors (Lipinski definition) is 9. The van der Waals surface area contributed by atoms with Gasteiger partial charge < -0.3 is 29.6 Å². The van der Waals surface area contributed by atoms with Crippen LogP contribution in [0.4, 0.5) is 9.59 Å². The van der Waals surface area contributed by atoms with Crippen LogP contribution < -0.4 is 10.6 Å². The van der Waals surface area contributed by atoms with Crippen LogP contribution in [0, 0.1) is 0 Å². The molecule has 0 saturated carbocycles. The molecule has 0 unspecified atom stereocenters. The number of unbranched alkanes of at least 4 members (excludes halogenated alkanes) is 3. The standard InChI is InChI=1S/C16H27NO5.C16H29NO4/c1-6-8-9-12(18)10-11-13(14(19)21-7-2)17-15(20)22-16(3,4)5;1-6-8-9-10-11-12-13(14(18)20-7-2)17-15(19)21-16(3,4)5/h6,13H,1,7-11H2,2-5H3,(H,17,20);6,13H,1,7-12H2,2-5H3,(H,17,19)/t2*13-/m11/s1. The SMILES string of the molecule is C=CCCC(=O)CC[C@@H](NC(=O)OC(C)(C)C)C(=O)OCC.C=CCCCCC[C@@H](NC(=O)OC(C)(C)C)C(=O)OCC. The molecule has 2 atom stereocenters. The second-order valence-electron chi connectivity index (χ2n) is 11.7. The van der Waals surface area contributed by atoms with Crippen molar-refractivity contribution in [2.24, 2.45) is 0 Å². The van der Waals surface area contributed by atoms with Gasteiger partial charge >= 0.3 is 24.1 Å². The Balaban J connectivity index is 0. The molecule has 0 bridgehead atoms. The molecule has 0 rings (SSSR count). The fourth-order valence-corrected chi connectivity index (χ4v) is 3.39. The molecule has 0 aromatic rings. The Morgan fingerprint density at radius 2 is 1.09 bits per heavy atom. The van der Waals surface area contributed by atoms with Gasteiger partial charge in [0.2, 0.25) is 0 Å². The third-order valence-electron chi connectivity index (χ3n) is 5.26. The number of alkyl carbamates (subject to hydrolysis) is 2. The van der Waals surface area contributed by atoms with Gasteiger partial charge in [0.05, 0.1) is 13.2 Å². The summed E-state index contributed by atoms with van der Waals surface area (Å²) in [5.41, 5.74) is -1.25. The summed E-state index contributed by atoms with van der Waals surface area (Å²) in [4.78, 5) is 58.9. The number of rotatable bonds is 18. The summed E-state index contributed by atoms with van der Waals surface area (Å²) >= 11 is 0. The molecular formula is C32H56N2O9. The van der Waals surface area contributed by atoms with E-state index in [4.69, 9.17) is 18.9 Å². The van der Waals surface area contributed by atoms with Crippen LogP contribution in [0.1, 0.15) is 113 Å². The van der Waals surface area contributed by atoms with E-state index in [9.17, 15) is 24.0 Å². The van der Waals surface area contributed by atoms with Crippen molar-refractivity contribution in [3.8, 4) is 0 Å². The van der Waals surface area contributed by atoms with Crippen LogP contribution in [0.15, 0.2) is 25.3 Å². The normalized spacial score (nSPS) is 12.3. The molecule has 11 heteroatoms. The Morgan fingerprint density at radius 1 is 0.651 bits per heavy atom. The van der Waals surface area contributed by atoms with Gasteiger partial charge in [-0.25, -0.2) is 19.2 Å². The summed E-state index contributed by atoms with van der Waals surface area (Å²) in [7, 11) is 0. The van der Waals surface area contributed by atoms with Crippen molar-refractivity contribution >= 4 is 29.9 Å². The maximum Gasteiger partial charge on any atom is 0.408 e. The lowest BCUT2D eigenvalue weighted by molar-refractivity contribution is -0.146. The van der Waals surface area contributed by atoms with E-state index < -0.39 is 47.4 Å². The highest BCUT2D eigenvalue weighted by Gasteiger charge is 2.26. The van der Waals surface area contributed by atoms with Gasteiger partial charge in [-0.2, -0.15) is 0 Å². The maximum absolute atomic E-state index is 11.9. The largest absolute Gasteiger partial charge is 0.464 e. The van der Waals surface area contributed by atoms with E-state index in [1.165, 1.54) is 0 Å². The molecule has 2 N–H and O–H groups in total. The Labute approximate surface area is 258 Å². The van der Waals surface area contributed by atoms with Gasteiger partial charge in [0.1, 0.15) is 29.1 Å². The number of nitrogens with one attached hydrogen (secondary N) is 2. The van der Waals surface area contributed by atoms with Crippen molar-refractivity contribution in [3.63, 3.8) is 0 Å². The number of amides is 2. The van der Waals surface area contributed by atoms with Crippen LogP contribution in [0.3, 0.4) is 0 Å². The molecule has 2 amide bonds. The fourth-order valence-electron chi connectivity index (χ4n) is 3.39. The molecule has 0 aliphatic heterocycles. The van der Waals surface area contributed by atoms with Crippen LogP contribution in [0.2, 0.25) is 0 Å². The lowest BCUT2D eigenvalue weighted by atomic mass is 10.1. The monoisotopic (exact) mass is 612 g/mol. The smallest absolute Gasteiger partial charge is 0.408 e. The first kappa shape index (κ1) is 41.8. The predicted molar refractivity (Wildman–Crippen MR) is 167 cm³/mol. The summed E-state index contributed by atoms with van der Waals surface area (Å²) in [6.07, 6.45) is 7.97. The van der Waals surface area contributed by atoms with Gasteiger partial charge in [-0.05, 0) is 87.5 Å². The molecule has 0 fully saturated rings. The molecule has 11 nitrogen and oxygen atoms in total. The molecule has 0 radical (unpaired) electrons. The lowest BCUT2D eigenvalue weighted by Crippen LogP contribution is -2.44. The summed E-state index contributed by atoms with van der Waals surface area (Å²) in [6, 6.07) is -1.54. The number of Topliss-reactive ketones (excluding diaryl/α,β-unsaturated/α-hetero) is 1. The number of allylic oxidation sites excluding steroid dienone is 2. The number of carbonyl (C=O) groups is 5. The molecule has 0 saturated heterocycles. The zero-order valence-corrected chi connectivity index (χ0v) is 27.7. The summed E-state index contributed by atoms with van der Waals surface area (Å²) in [5.74, 6) is -0.961. The molecule has 43 heavy (non-hydrogen) atoms. The Kier molecular flexibility index (Phi) is 22.5. The van der Waals surface area contributed by atoms with Crippen molar-refractivity contribution in [1.82, 2.24) is 10.6 Å². The zero-order valence-electron chi connectivity index (χ0n) is 27.7. The average Bonchev–Trinajstić information content (AvgIpc) is 2.87. The highest BCUT2D eigenvalue weighted by Crippen LogP contribution is 2.11. The highest BCUT2D eigenvalue weighted by atomic mass is 16.6. The van der Waals surface area contributed by atoms with Crippen molar-refractivity contribution in [1.29, 1.82) is 0 Å². The molecule has 0 aromatic carbocycles. The number of hydrogen-bond donors (Lipinski definition) is 2. The maximum atomic E-state index is 11.9. The molecule has 0 spiro atoms. The van der Waals surface area contributed by atoms with E-state index >= 15 is 0 Å². The average molecular weight is 613 g/mol. The number of ketones is 1. The Morgan fingerprint density at radius 3 is 1.49 bits per heavy atom. The Bertz CT molecular complexity index is 873. The van der Waals surface area contributed by atoms with E-state index in [2.05, 4.69) is 23.8 Å². The summed E-state index contributed by atoms with van der Waals surface area (Å²) in [5, 5.41) is 5.05. The molecule has 248 valence electrons. The lowest BCUT2D eigenvalue weighted by Gasteiger charge is -2.22. The Hall–Kier alpha value is -3.37. The first-order valence-corrected chi connectivity index (χ1v) is 15.0. The van der Waals surface area contributed by atoms with Crippen molar-refractivity contribution in [3.05, 3.63) is 25.3 Å². The summed E-state index contributed by atoms with van der Waals surface area (Å²) < 4.78 is 20.2. The molecule has 0 aromatic heterocycles. The third-order valence-corrected chi connectivity index (χ3v) is 5.26. The first-order valence-electron chi connectivity index (χ1n) is 15.0. The number of ether oxygens (including phenoxy) is 4. The molecule has 0 aliphatic carbocycles. The van der Waals surface area contributed by atoms with Crippen molar-refractivity contribution < 1.29 is 42.9 Å². The quantitative estimate of drug-likeness (QED) is 0.0783. The first-order chi connectivity index (χ1) is 20.0. The van der Waals surface area contributed by atoms with Gasteiger partial charge in [-0.1, -0.05) is 25.0 Å². The van der Waals surface area contributed by atoms with Crippen molar-refractivity contribution in [2.75, 3.05) is 13.2 Å². The summed E-state index contributed by atoms with van der Waals surface area (Å²) in [6.45, 7) is 21.7. The topological polar surface area (TPSA) is 146 Å². The second-order valence-corrected chi connectivity index (χ2v) is 11.7. The molecule has 0 heterocycles. The number of carbonyl (C=O) groups excluding carboxylic acids is 5. The van der Waals surface area contributed by atoms with Crippen LogP contribution in [-0.2, 0) is 33.3 Å². The minimum Gasteiger partial charge on any atom is -0.464 e. The van der Waals surface area contributed by atoms with Gasteiger partial charge in [0.25, 0.3) is 0 Å². The van der Waals surface area contributed by atoms with Gasteiger partial charge in [-0.3, -0.25) is 4.79 Å². The van der Waals surface area contributed by atoms with Crippen LogP contribution in [-0.4, -0.2) is 66.4 Å². The van der Waals surface area contributed by atoms with Crippen LogP contribution >= 0.6 is 0 Å². The zero-order chi connectivity index (χ0) is 33.5. The minimum atomic E-state index is -0.887. The number of esters is 2. The van der Waals surface area contributed by atoms with E-state index in [1.54, 1.807) is 61.5 Å². The van der Waals surface area contributed by atoms with E-state index in [-0.39, 0.29) is 25.2 Å². The van der Waals surface area contributed by atoms with Crippen LogP contribution in [0.5, 0.6) is 0 Å². The van der Waals surface area contributed by atoms with E-state index in [0.717, 1.165) is 25.7 Å². The minimum absolute atomic E-state index is 0.0141. The molecule has 0 aliphatic rings.